The topological polar surface area (TPSA) is 36.3 Å². The summed E-state index contributed by atoms with van der Waals surface area (Å²) in [5.74, 6) is 1.95. The minimum Gasteiger partial charge on any atom is -0.497 e. The van der Waals surface area contributed by atoms with Crippen molar-refractivity contribution < 1.29 is 9.47 Å². The van der Waals surface area contributed by atoms with Gasteiger partial charge in [0.1, 0.15) is 18.1 Å². The summed E-state index contributed by atoms with van der Waals surface area (Å²) in [7, 11) is 1.64. The quantitative estimate of drug-likeness (QED) is 0.765. The Bertz CT molecular complexity index is 581. The molecule has 0 spiro atoms. The zero-order valence-electron chi connectivity index (χ0n) is 12.0. The Balaban J connectivity index is 2.14. The highest BCUT2D eigenvalue weighted by molar-refractivity contribution is 6.17. The number of methoxy groups -OCH3 is 1. The molecule has 0 unspecified atom stereocenters. The number of ether oxygens (including phenoxy) is 2. The third-order valence-electron chi connectivity index (χ3n) is 3.07. The summed E-state index contributed by atoms with van der Waals surface area (Å²) < 4.78 is 13.0. The molecule has 1 aromatic heterocycles. The molecule has 0 atom stereocenters. The molecule has 2 aromatic rings. The predicted molar refractivity (Wildman–Crippen MR) is 79.5 cm³/mol. The van der Waals surface area contributed by atoms with Gasteiger partial charge in [0.2, 0.25) is 0 Å². The molecule has 0 fully saturated rings. The van der Waals surface area contributed by atoms with Gasteiger partial charge in [0.05, 0.1) is 24.4 Å². The average Bonchev–Trinajstić information content (AvgIpc) is 2.85. The van der Waals surface area contributed by atoms with Crippen LogP contribution in [-0.4, -0.2) is 16.9 Å². The van der Waals surface area contributed by atoms with E-state index in [0.29, 0.717) is 12.5 Å². The van der Waals surface area contributed by atoms with Gasteiger partial charge in [-0.1, -0.05) is 0 Å². The lowest BCUT2D eigenvalue weighted by Gasteiger charge is -2.12. The molecule has 1 heterocycles. The first-order valence-electron chi connectivity index (χ1n) is 6.57. The summed E-state index contributed by atoms with van der Waals surface area (Å²) in [5.41, 5.74) is 2.98. The van der Waals surface area contributed by atoms with Crippen molar-refractivity contribution in [3.8, 4) is 11.5 Å². The number of alkyl halides is 1. The first-order chi connectivity index (χ1) is 9.67. The molecule has 108 valence electrons. The maximum atomic E-state index is 5.95. The van der Waals surface area contributed by atoms with Crippen molar-refractivity contribution in [2.24, 2.45) is 0 Å². The largest absolute Gasteiger partial charge is 0.497 e. The zero-order chi connectivity index (χ0) is 14.5. The molecule has 0 aliphatic heterocycles. The molecule has 2 rings (SSSR count). The first kappa shape index (κ1) is 14.7. The van der Waals surface area contributed by atoms with E-state index in [4.69, 9.17) is 21.1 Å². The molecule has 0 saturated carbocycles. The fraction of sp³-hybridized carbons (Fsp3) is 0.400. The lowest BCUT2D eigenvalue weighted by atomic mass is 10.2. The molecule has 0 bridgehead atoms. The first-order valence-corrected chi connectivity index (χ1v) is 7.10. The number of hydrogen-bond donors (Lipinski definition) is 0. The smallest absolute Gasteiger partial charge is 0.130 e. The van der Waals surface area contributed by atoms with Crippen molar-refractivity contribution in [3.63, 3.8) is 0 Å². The molecule has 4 nitrogen and oxygen atoms in total. The van der Waals surface area contributed by atoms with Crippen LogP contribution in [0.1, 0.15) is 23.9 Å². The molecule has 0 saturated heterocycles. The fourth-order valence-electron chi connectivity index (χ4n) is 2.07. The van der Waals surface area contributed by atoms with E-state index >= 15 is 0 Å². The fourth-order valence-corrected chi connectivity index (χ4v) is 2.28. The normalized spacial score (nSPS) is 10.6. The standard InChI is InChI=1S/C15H19ClN2O2/c1-4-18-13(7-11(2)17-18)10-20-15-6-5-14(19-3)8-12(15)9-16/h5-8H,4,9-10H2,1-3H3. The summed E-state index contributed by atoms with van der Waals surface area (Å²) in [5, 5.41) is 4.40. The van der Waals surface area contributed by atoms with Crippen LogP contribution in [0.5, 0.6) is 11.5 Å². The number of aromatic nitrogens is 2. The number of hydrogen-bond acceptors (Lipinski definition) is 3. The van der Waals surface area contributed by atoms with Crippen LogP contribution in [0.25, 0.3) is 0 Å². The summed E-state index contributed by atoms with van der Waals surface area (Å²) in [6.45, 7) is 5.35. The highest BCUT2D eigenvalue weighted by atomic mass is 35.5. The number of aryl methyl sites for hydroxylation is 2. The maximum absolute atomic E-state index is 5.95. The van der Waals surface area contributed by atoms with Gasteiger partial charge in [0.15, 0.2) is 0 Å². The van der Waals surface area contributed by atoms with Crippen molar-refractivity contribution >= 4 is 11.6 Å². The van der Waals surface area contributed by atoms with Gasteiger partial charge in [-0.25, -0.2) is 0 Å². The highest BCUT2D eigenvalue weighted by Gasteiger charge is 2.08. The van der Waals surface area contributed by atoms with Gasteiger partial charge >= 0.3 is 0 Å². The third kappa shape index (κ3) is 3.25. The molecule has 0 aliphatic carbocycles. The van der Waals surface area contributed by atoms with Gasteiger partial charge in [-0.05, 0) is 38.1 Å². The van der Waals surface area contributed by atoms with Crippen molar-refractivity contribution in [1.82, 2.24) is 9.78 Å². The van der Waals surface area contributed by atoms with Crippen LogP contribution in [0, 0.1) is 6.92 Å². The van der Waals surface area contributed by atoms with Gasteiger partial charge in [0.25, 0.3) is 0 Å². The summed E-state index contributed by atoms with van der Waals surface area (Å²) in [4.78, 5) is 0. The van der Waals surface area contributed by atoms with Crippen molar-refractivity contribution in [2.45, 2.75) is 32.9 Å². The zero-order valence-corrected chi connectivity index (χ0v) is 12.8. The van der Waals surface area contributed by atoms with Crippen LogP contribution >= 0.6 is 11.6 Å². The van der Waals surface area contributed by atoms with E-state index in [2.05, 4.69) is 12.0 Å². The van der Waals surface area contributed by atoms with Gasteiger partial charge in [-0.2, -0.15) is 5.10 Å². The third-order valence-corrected chi connectivity index (χ3v) is 3.36. The van der Waals surface area contributed by atoms with Gasteiger partial charge in [-0.3, -0.25) is 4.68 Å². The lowest BCUT2D eigenvalue weighted by Crippen LogP contribution is -2.06. The molecule has 0 N–H and O–H groups in total. The monoisotopic (exact) mass is 294 g/mol. The van der Waals surface area contributed by atoms with Crippen LogP contribution in [0.15, 0.2) is 24.3 Å². The average molecular weight is 295 g/mol. The number of benzene rings is 1. The maximum Gasteiger partial charge on any atom is 0.130 e. The van der Waals surface area contributed by atoms with Crippen LogP contribution in [-0.2, 0) is 19.0 Å². The van der Waals surface area contributed by atoms with Crippen molar-refractivity contribution in [3.05, 3.63) is 41.2 Å². The molecule has 0 aliphatic rings. The second-order valence-corrected chi connectivity index (χ2v) is 4.76. The van der Waals surface area contributed by atoms with E-state index in [-0.39, 0.29) is 0 Å². The SMILES string of the molecule is CCn1nc(C)cc1COc1ccc(OC)cc1CCl. The van der Waals surface area contributed by atoms with Gasteiger partial charge in [0, 0.05) is 12.1 Å². The Morgan fingerprint density at radius 2 is 2.10 bits per heavy atom. The summed E-state index contributed by atoms with van der Waals surface area (Å²) in [6.07, 6.45) is 0. The van der Waals surface area contributed by atoms with E-state index in [1.54, 1.807) is 7.11 Å². The summed E-state index contributed by atoms with van der Waals surface area (Å²) >= 11 is 5.95. The van der Waals surface area contributed by atoms with Crippen molar-refractivity contribution in [2.75, 3.05) is 7.11 Å². The molecule has 5 heteroatoms. The number of nitrogens with zero attached hydrogens (tertiary/aromatic N) is 2. The minimum absolute atomic E-state index is 0.388. The Morgan fingerprint density at radius 1 is 1.30 bits per heavy atom. The van der Waals surface area contributed by atoms with Crippen LogP contribution < -0.4 is 9.47 Å². The predicted octanol–water partition coefficient (Wildman–Crippen LogP) is 3.54. The molecule has 1 aromatic carbocycles. The Labute approximate surface area is 124 Å². The Hall–Kier alpha value is -1.68. The Kier molecular flexibility index (Phi) is 4.90. The number of rotatable bonds is 6. The molecule has 0 amide bonds. The second kappa shape index (κ2) is 6.66. The molecular weight excluding hydrogens is 276 g/mol. The molecular formula is C15H19ClN2O2. The van der Waals surface area contributed by atoms with Crippen molar-refractivity contribution in [1.29, 1.82) is 0 Å². The Morgan fingerprint density at radius 3 is 2.75 bits per heavy atom. The lowest BCUT2D eigenvalue weighted by molar-refractivity contribution is 0.289. The van der Waals surface area contributed by atoms with E-state index in [9.17, 15) is 0 Å². The van der Waals surface area contributed by atoms with Crippen LogP contribution in [0.4, 0.5) is 0 Å². The van der Waals surface area contributed by atoms with E-state index in [1.165, 1.54) is 0 Å². The number of halogens is 1. The van der Waals surface area contributed by atoms with Crippen LogP contribution in [0.3, 0.4) is 0 Å². The minimum atomic E-state index is 0.388. The van der Waals surface area contributed by atoms with E-state index in [0.717, 1.165) is 35.0 Å². The highest BCUT2D eigenvalue weighted by Crippen LogP contribution is 2.26. The van der Waals surface area contributed by atoms with Gasteiger partial charge in [-0.15, -0.1) is 11.6 Å². The molecule has 0 radical (unpaired) electrons. The van der Waals surface area contributed by atoms with Crippen LogP contribution in [0.2, 0.25) is 0 Å². The second-order valence-electron chi connectivity index (χ2n) is 4.49. The van der Waals surface area contributed by atoms with E-state index < -0.39 is 0 Å². The summed E-state index contributed by atoms with van der Waals surface area (Å²) in [6, 6.07) is 7.68. The van der Waals surface area contributed by atoms with Gasteiger partial charge < -0.3 is 9.47 Å². The molecule has 20 heavy (non-hydrogen) atoms. The van der Waals surface area contributed by atoms with E-state index in [1.807, 2.05) is 35.9 Å².